The molecule has 3 N–H and O–H groups in total. The Morgan fingerprint density at radius 1 is 1.18 bits per heavy atom. The zero-order chi connectivity index (χ0) is 22.3. The van der Waals surface area contributed by atoms with E-state index in [4.69, 9.17) is 4.74 Å². The summed E-state index contributed by atoms with van der Waals surface area (Å²) in [5.41, 5.74) is -0.764. The molecular formula is C19H32FN3O5. The lowest BCUT2D eigenvalue weighted by molar-refractivity contribution is -0.156. The van der Waals surface area contributed by atoms with Crippen molar-refractivity contribution in [2.45, 2.75) is 59.6 Å². The van der Waals surface area contributed by atoms with Crippen LogP contribution in [0.25, 0.3) is 0 Å². The number of nitrogens with one attached hydrogen (secondary N) is 3. The molecule has 8 nitrogen and oxygen atoms in total. The van der Waals surface area contributed by atoms with Gasteiger partial charge in [-0.25, -0.2) is 4.39 Å². The van der Waals surface area contributed by atoms with Gasteiger partial charge in [0.1, 0.15) is 18.3 Å². The second-order valence-electron chi connectivity index (χ2n) is 6.32. The van der Waals surface area contributed by atoms with Crippen molar-refractivity contribution in [1.82, 2.24) is 16.0 Å². The molecule has 9 heteroatoms. The molecular weight excluding hydrogens is 369 g/mol. The molecule has 0 aliphatic heterocycles. The van der Waals surface area contributed by atoms with E-state index in [1.165, 1.54) is 6.20 Å². The van der Waals surface area contributed by atoms with Crippen LogP contribution in [0.5, 0.6) is 0 Å². The maximum atomic E-state index is 12.7. The fourth-order valence-corrected chi connectivity index (χ4v) is 1.65. The van der Waals surface area contributed by atoms with Gasteiger partial charge in [0.2, 0.25) is 5.91 Å². The molecule has 0 aromatic rings. The smallest absolute Gasteiger partial charge is 0.308 e. The van der Waals surface area contributed by atoms with E-state index in [2.05, 4.69) is 22.5 Å². The van der Waals surface area contributed by atoms with Gasteiger partial charge in [-0.1, -0.05) is 26.5 Å². The summed E-state index contributed by atoms with van der Waals surface area (Å²) in [6.45, 7) is 12.3. The molecule has 1 atom stereocenters. The SMILES string of the molecule is C=C(N/C=C\C)C(=O)NCC(=O)NC(CC(=O)OC(C)(C)C)C(=O)CF.CC. The van der Waals surface area contributed by atoms with Crippen molar-refractivity contribution in [3.63, 3.8) is 0 Å². The van der Waals surface area contributed by atoms with Crippen LogP contribution in [-0.2, 0) is 23.9 Å². The molecule has 0 rings (SSSR count). The fraction of sp³-hybridized carbons (Fsp3) is 0.579. The van der Waals surface area contributed by atoms with E-state index in [1.807, 2.05) is 13.8 Å². The second kappa shape index (κ2) is 14.4. The molecule has 0 saturated heterocycles. The molecule has 0 radical (unpaired) electrons. The van der Waals surface area contributed by atoms with Crippen molar-refractivity contribution in [2.75, 3.05) is 13.2 Å². The lowest BCUT2D eigenvalue weighted by atomic mass is 10.1. The van der Waals surface area contributed by atoms with E-state index in [0.717, 1.165) is 0 Å². The highest BCUT2D eigenvalue weighted by molar-refractivity contribution is 5.96. The number of esters is 1. The van der Waals surface area contributed by atoms with E-state index < -0.39 is 54.8 Å². The summed E-state index contributed by atoms with van der Waals surface area (Å²) in [7, 11) is 0. The van der Waals surface area contributed by atoms with E-state index in [-0.39, 0.29) is 5.70 Å². The van der Waals surface area contributed by atoms with Crippen molar-refractivity contribution >= 4 is 23.6 Å². The Balaban J connectivity index is 0. The first-order chi connectivity index (χ1) is 13.0. The zero-order valence-corrected chi connectivity index (χ0v) is 17.5. The van der Waals surface area contributed by atoms with Crippen molar-refractivity contribution in [1.29, 1.82) is 0 Å². The molecule has 0 fully saturated rings. The number of rotatable bonds is 10. The second-order valence-corrected chi connectivity index (χ2v) is 6.32. The molecule has 28 heavy (non-hydrogen) atoms. The van der Waals surface area contributed by atoms with Crippen LogP contribution in [0.2, 0.25) is 0 Å². The number of ether oxygens (including phenoxy) is 1. The number of Topliss-reactive ketones (excluding diaryl/α,β-unsaturated/α-hetero) is 1. The van der Waals surface area contributed by atoms with Crippen LogP contribution in [0.1, 0.15) is 48.0 Å². The molecule has 0 bridgehead atoms. The van der Waals surface area contributed by atoms with Crippen LogP contribution in [0, 0.1) is 0 Å². The van der Waals surface area contributed by atoms with E-state index in [0.29, 0.717) is 0 Å². The third-order valence-corrected chi connectivity index (χ3v) is 2.75. The van der Waals surface area contributed by atoms with E-state index in [9.17, 15) is 23.6 Å². The highest BCUT2D eigenvalue weighted by atomic mass is 19.1. The van der Waals surface area contributed by atoms with Crippen LogP contribution >= 0.6 is 0 Å². The molecule has 0 saturated carbocycles. The predicted molar refractivity (Wildman–Crippen MR) is 105 cm³/mol. The molecule has 0 aliphatic carbocycles. The molecule has 0 aromatic heterocycles. The predicted octanol–water partition coefficient (Wildman–Crippen LogP) is 1.52. The Morgan fingerprint density at radius 2 is 1.75 bits per heavy atom. The molecule has 1 unspecified atom stereocenters. The highest BCUT2D eigenvalue weighted by Gasteiger charge is 2.26. The van der Waals surface area contributed by atoms with Gasteiger partial charge in [0.15, 0.2) is 5.78 Å². The number of amides is 2. The van der Waals surface area contributed by atoms with Gasteiger partial charge >= 0.3 is 5.97 Å². The summed E-state index contributed by atoms with van der Waals surface area (Å²) in [6, 6.07) is -1.37. The highest BCUT2D eigenvalue weighted by Crippen LogP contribution is 2.09. The standard InChI is InChI=1S/C17H26FN3O5.C2H6/c1-6-7-19-11(2)16(25)20-10-14(23)21-12(13(22)9-18)8-15(24)26-17(3,4)5;1-2/h6-7,12,19H,2,8-10H2,1,3-5H3,(H,20,25)(H,21,23);1-2H3/b7-6-;. The van der Waals surface area contributed by atoms with E-state index in [1.54, 1.807) is 33.8 Å². The lowest BCUT2D eigenvalue weighted by Gasteiger charge is -2.22. The van der Waals surface area contributed by atoms with Crippen LogP contribution in [0.15, 0.2) is 24.6 Å². The minimum Gasteiger partial charge on any atom is -0.460 e. The largest absolute Gasteiger partial charge is 0.460 e. The first kappa shape index (κ1) is 27.5. The Kier molecular flexibility index (Phi) is 14.1. The number of carbonyl (C=O) groups is 4. The Morgan fingerprint density at radius 3 is 2.21 bits per heavy atom. The summed E-state index contributed by atoms with van der Waals surface area (Å²) in [5.74, 6) is -3.10. The monoisotopic (exact) mass is 401 g/mol. The summed E-state index contributed by atoms with van der Waals surface area (Å²) < 4.78 is 17.7. The Labute approximate surface area is 166 Å². The average molecular weight is 401 g/mol. The van der Waals surface area contributed by atoms with Crippen LogP contribution in [0.3, 0.4) is 0 Å². The number of halogens is 1. The van der Waals surface area contributed by atoms with Crippen molar-refractivity contribution < 1.29 is 28.3 Å². The van der Waals surface area contributed by atoms with Crippen LogP contribution in [0.4, 0.5) is 4.39 Å². The van der Waals surface area contributed by atoms with Crippen molar-refractivity contribution in [3.8, 4) is 0 Å². The molecule has 0 aliphatic rings. The lowest BCUT2D eigenvalue weighted by Crippen LogP contribution is -2.48. The normalized spacial score (nSPS) is 11.5. The summed E-state index contributed by atoms with van der Waals surface area (Å²) in [6.07, 6.45) is 2.63. The van der Waals surface area contributed by atoms with Gasteiger partial charge in [0, 0.05) is 0 Å². The van der Waals surface area contributed by atoms with E-state index >= 15 is 0 Å². The first-order valence-electron chi connectivity index (χ1n) is 8.94. The summed E-state index contributed by atoms with van der Waals surface area (Å²) >= 11 is 0. The number of hydrogen-bond acceptors (Lipinski definition) is 6. The minimum absolute atomic E-state index is 0.0149. The Bertz CT molecular complexity index is 583. The maximum absolute atomic E-state index is 12.7. The van der Waals surface area contributed by atoms with Crippen molar-refractivity contribution in [3.05, 3.63) is 24.6 Å². The Hall–Kier alpha value is -2.71. The van der Waals surface area contributed by atoms with Gasteiger partial charge in [-0.05, 0) is 33.9 Å². The number of carbonyl (C=O) groups excluding carboxylic acids is 4. The molecule has 2 amide bonds. The molecule has 0 spiro atoms. The van der Waals surface area contributed by atoms with Gasteiger partial charge in [-0.3, -0.25) is 19.2 Å². The number of ketones is 1. The quantitative estimate of drug-likeness (QED) is 0.378. The first-order valence-corrected chi connectivity index (χ1v) is 8.94. The third-order valence-electron chi connectivity index (χ3n) is 2.75. The van der Waals surface area contributed by atoms with Gasteiger partial charge in [-0.15, -0.1) is 0 Å². The molecule has 0 aromatic carbocycles. The van der Waals surface area contributed by atoms with Crippen LogP contribution in [-0.4, -0.2) is 48.4 Å². The van der Waals surface area contributed by atoms with Gasteiger partial charge in [0.05, 0.1) is 18.7 Å². The van der Waals surface area contributed by atoms with Gasteiger partial charge < -0.3 is 20.7 Å². The average Bonchev–Trinajstić information content (AvgIpc) is 2.62. The summed E-state index contributed by atoms with van der Waals surface area (Å²) in [5, 5.41) is 7.08. The van der Waals surface area contributed by atoms with Gasteiger partial charge in [-0.2, -0.15) is 0 Å². The topological polar surface area (TPSA) is 114 Å². The number of allylic oxidation sites excluding steroid dienone is 1. The summed E-state index contributed by atoms with van der Waals surface area (Å²) in [4.78, 5) is 46.9. The minimum atomic E-state index is -1.37. The number of alkyl halides is 1. The van der Waals surface area contributed by atoms with Gasteiger partial charge in [0.25, 0.3) is 5.91 Å². The number of hydrogen-bond donors (Lipinski definition) is 3. The van der Waals surface area contributed by atoms with Crippen LogP contribution < -0.4 is 16.0 Å². The fourth-order valence-electron chi connectivity index (χ4n) is 1.65. The maximum Gasteiger partial charge on any atom is 0.308 e. The zero-order valence-electron chi connectivity index (χ0n) is 17.5. The van der Waals surface area contributed by atoms with Crippen molar-refractivity contribution in [2.24, 2.45) is 0 Å². The molecule has 160 valence electrons. The third kappa shape index (κ3) is 13.5. The molecule has 0 heterocycles.